The lowest BCUT2D eigenvalue weighted by Crippen LogP contribution is -2.43. The topological polar surface area (TPSA) is 26.0 Å². The molecule has 68 valence electrons. The third-order valence-corrected chi connectivity index (χ3v) is 4.38. The van der Waals surface area contributed by atoms with Crippen molar-refractivity contribution in [3.63, 3.8) is 0 Å². The molecule has 0 heterocycles. The fraction of sp³-hybridized carbons (Fsp3) is 0.818. The van der Waals surface area contributed by atoms with Crippen molar-refractivity contribution < 1.29 is 0 Å². The smallest absolute Gasteiger partial charge is 0.0197 e. The molecule has 0 radical (unpaired) electrons. The molecule has 2 N–H and O–H groups in total. The Balaban J connectivity index is 2.45. The molecular formula is C11H19N. The molecule has 0 amide bonds. The maximum Gasteiger partial charge on any atom is 0.0197 e. The zero-order valence-electron chi connectivity index (χ0n) is 8.35. The molecule has 2 aliphatic carbocycles. The van der Waals surface area contributed by atoms with Crippen LogP contribution in [-0.2, 0) is 0 Å². The van der Waals surface area contributed by atoms with Gasteiger partial charge < -0.3 is 5.73 Å². The molecule has 2 aliphatic rings. The van der Waals surface area contributed by atoms with Crippen LogP contribution in [0, 0.1) is 11.3 Å². The summed E-state index contributed by atoms with van der Waals surface area (Å²) >= 11 is 0. The maximum absolute atomic E-state index is 6.26. The van der Waals surface area contributed by atoms with Crippen LogP contribution in [0.1, 0.15) is 40.0 Å². The van der Waals surface area contributed by atoms with E-state index in [1.165, 1.54) is 19.3 Å². The molecule has 1 fully saturated rings. The van der Waals surface area contributed by atoms with Gasteiger partial charge in [-0.05, 0) is 32.6 Å². The second-order valence-electron chi connectivity index (χ2n) is 4.75. The molecule has 2 bridgehead atoms. The molecule has 0 aromatic carbocycles. The Bertz CT molecular complexity index is 241. The summed E-state index contributed by atoms with van der Waals surface area (Å²) in [5, 5.41) is 0. The minimum Gasteiger partial charge on any atom is -0.326 e. The summed E-state index contributed by atoms with van der Waals surface area (Å²) in [6, 6.07) is 0.409. The number of hydrogen-bond acceptors (Lipinski definition) is 1. The number of rotatable bonds is 0. The molecule has 12 heavy (non-hydrogen) atoms. The SMILES string of the molecule is CC1=C(C)[C@]2(C)CCC[C@H]1[C@H]2N. The Morgan fingerprint density at radius 1 is 1.42 bits per heavy atom. The van der Waals surface area contributed by atoms with Crippen molar-refractivity contribution >= 4 is 0 Å². The van der Waals surface area contributed by atoms with E-state index in [1.54, 1.807) is 11.1 Å². The van der Waals surface area contributed by atoms with Crippen molar-refractivity contribution in [2.24, 2.45) is 17.1 Å². The predicted octanol–water partition coefficient (Wildman–Crippen LogP) is 2.47. The first-order valence-corrected chi connectivity index (χ1v) is 5.01. The Morgan fingerprint density at radius 2 is 2.08 bits per heavy atom. The molecule has 0 aliphatic heterocycles. The summed E-state index contributed by atoms with van der Waals surface area (Å²) < 4.78 is 0. The standard InChI is InChI=1S/C11H19N/c1-7-8(2)11(3)6-4-5-9(7)10(11)12/h9-10H,4-6,12H2,1-3H3/t9-,10-,11+/m1/s1. The molecule has 0 aromatic rings. The Kier molecular flexibility index (Phi) is 1.63. The highest BCUT2D eigenvalue weighted by Crippen LogP contribution is 2.53. The van der Waals surface area contributed by atoms with E-state index in [1.807, 2.05) is 0 Å². The molecule has 1 nitrogen and oxygen atoms in total. The first kappa shape index (κ1) is 8.31. The van der Waals surface area contributed by atoms with Crippen molar-refractivity contribution in [1.82, 2.24) is 0 Å². The van der Waals surface area contributed by atoms with Crippen molar-refractivity contribution in [1.29, 1.82) is 0 Å². The zero-order chi connectivity index (χ0) is 8.93. The van der Waals surface area contributed by atoms with Gasteiger partial charge in [0.15, 0.2) is 0 Å². The molecular weight excluding hydrogens is 146 g/mol. The third-order valence-electron chi connectivity index (χ3n) is 4.38. The third kappa shape index (κ3) is 0.779. The van der Waals surface area contributed by atoms with E-state index >= 15 is 0 Å². The lowest BCUT2D eigenvalue weighted by atomic mass is 9.70. The van der Waals surface area contributed by atoms with E-state index in [0.29, 0.717) is 17.4 Å². The number of hydrogen-bond donors (Lipinski definition) is 1. The van der Waals surface area contributed by atoms with E-state index < -0.39 is 0 Å². The second kappa shape index (κ2) is 2.35. The van der Waals surface area contributed by atoms with Crippen LogP contribution in [0.15, 0.2) is 11.1 Å². The first-order chi connectivity index (χ1) is 5.57. The fourth-order valence-electron chi connectivity index (χ4n) is 3.13. The van der Waals surface area contributed by atoms with Crippen molar-refractivity contribution in [2.75, 3.05) is 0 Å². The summed E-state index contributed by atoms with van der Waals surface area (Å²) in [5.74, 6) is 0.698. The van der Waals surface area contributed by atoms with Gasteiger partial charge in [0.05, 0.1) is 0 Å². The first-order valence-electron chi connectivity index (χ1n) is 5.01. The molecule has 3 atom stereocenters. The quantitative estimate of drug-likeness (QED) is 0.548. The highest BCUT2D eigenvalue weighted by molar-refractivity contribution is 5.33. The van der Waals surface area contributed by atoms with Gasteiger partial charge in [-0.2, -0.15) is 0 Å². The monoisotopic (exact) mass is 165 g/mol. The summed E-state index contributed by atoms with van der Waals surface area (Å²) in [4.78, 5) is 0. The van der Waals surface area contributed by atoms with Gasteiger partial charge in [0, 0.05) is 11.5 Å². The van der Waals surface area contributed by atoms with Crippen LogP contribution in [0.3, 0.4) is 0 Å². The fourth-order valence-corrected chi connectivity index (χ4v) is 3.13. The van der Waals surface area contributed by atoms with Crippen molar-refractivity contribution in [3.8, 4) is 0 Å². The Labute approximate surface area is 75.0 Å². The minimum atomic E-state index is 0.340. The Morgan fingerprint density at radius 3 is 2.58 bits per heavy atom. The summed E-state index contributed by atoms with van der Waals surface area (Å²) in [7, 11) is 0. The van der Waals surface area contributed by atoms with Crippen LogP contribution in [0.2, 0.25) is 0 Å². The van der Waals surface area contributed by atoms with Gasteiger partial charge in [-0.25, -0.2) is 0 Å². The van der Waals surface area contributed by atoms with E-state index in [9.17, 15) is 0 Å². The summed E-state index contributed by atoms with van der Waals surface area (Å²) in [6.07, 6.45) is 3.98. The Hall–Kier alpha value is -0.300. The van der Waals surface area contributed by atoms with Crippen molar-refractivity contribution in [2.45, 2.75) is 46.1 Å². The summed E-state index contributed by atoms with van der Waals surface area (Å²) in [6.45, 7) is 6.90. The van der Waals surface area contributed by atoms with Crippen LogP contribution in [0.25, 0.3) is 0 Å². The van der Waals surface area contributed by atoms with Crippen LogP contribution >= 0.6 is 0 Å². The van der Waals surface area contributed by atoms with Crippen LogP contribution in [0.5, 0.6) is 0 Å². The average Bonchev–Trinajstić information content (AvgIpc) is 2.20. The molecule has 1 saturated carbocycles. The van der Waals surface area contributed by atoms with Crippen LogP contribution in [0.4, 0.5) is 0 Å². The van der Waals surface area contributed by atoms with Gasteiger partial charge in [-0.1, -0.05) is 24.5 Å². The lowest BCUT2D eigenvalue weighted by molar-refractivity contribution is 0.209. The molecule has 0 saturated heterocycles. The molecule has 1 heteroatoms. The van der Waals surface area contributed by atoms with Crippen LogP contribution < -0.4 is 5.73 Å². The van der Waals surface area contributed by atoms with Gasteiger partial charge >= 0.3 is 0 Å². The minimum absolute atomic E-state index is 0.340. The average molecular weight is 165 g/mol. The van der Waals surface area contributed by atoms with E-state index in [4.69, 9.17) is 5.73 Å². The van der Waals surface area contributed by atoms with Crippen molar-refractivity contribution in [3.05, 3.63) is 11.1 Å². The highest BCUT2D eigenvalue weighted by atomic mass is 14.8. The van der Waals surface area contributed by atoms with E-state index in [-0.39, 0.29) is 0 Å². The van der Waals surface area contributed by atoms with Gasteiger partial charge in [0.1, 0.15) is 0 Å². The lowest BCUT2D eigenvalue weighted by Gasteiger charge is -2.38. The van der Waals surface area contributed by atoms with E-state index in [2.05, 4.69) is 20.8 Å². The van der Waals surface area contributed by atoms with Gasteiger partial charge in [0.2, 0.25) is 0 Å². The maximum atomic E-state index is 6.26. The van der Waals surface area contributed by atoms with Crippen LogP contribution in [-0.4, -0.2) is 6.04 Å². The van der Waals surface area contributed by atoms with Gasteiger partial charge in [-0.15, -0.1) is 0 Å². The summed E-state index contributed by atoms with van der Waals surface area (Å²) in [5.41, 5.74) is 9.76. The highest BCUT2D eigenvalue weighted by Gasteiger charge is 2.47. The molecule has 0 spiro atoms. The molecule has 0 unspecified atom stereocenters. The number of fused-ring (bicyclic) bond motifs is 2. The predicted molar refractivity (Wildman–Crippen MR) is 51.8 cm³/mol. The van der Waals surface area contributed by atoms with E-state index in [0.717, 1.165) is 0 Å². The zero-order valence-corrected chi connectivity index (χ0v) is 8.35. The molecule has 0 aromatic heterocycles. The normalized spacial score (nSPS) is 47.0. The second-order valence-corrected chi connectivity index (χ2v) is 4.75. The number of nitrogens with two attached hydrogens (primary N) is 1. The largest absolute Gasteiger partial charge is 0.326 e. The molecule has 2 rings (SSSR count). The van der Waals surface area contributed by atoms with Gasteiger partial charge in [-0.3, -0.25) is 0 Å². The van der Waals surface area contributed by atoms with Gasteiger partial charge in [0.25, 0.3) is 0 Å².